The number of esters is 3. The molecule has 9 rings (SSSR count). The molecule has 4 aliphatic carbocycles. The normalized spacial score (nSPS) is 46.8. The van der Waals surface area contributed by atoms with Crippen LogP contribution in [0, 0.1) is 23.7 Å². The van der Waals surface area contributed by atoms with Gasteiger partial charge in [0.1, 0.15) is 117 Å². The lowest BCUT2D eigenvalue weighted by Crippen LogP contribution is -2.66. The number of carbonyl (C=O) groups excluding carboxylic acids is 3. The van der Waals surface area contributed by atoms with Crippen molar-refractivity contribution < 1.29 is 167 Å². The summed E-state index contributed by atoms with van der Waals surface area (Å²) in [5, 5.41) is 173. The van der Waals surface area contributed by atoms with Crippen molar-refractivity contribution in [1.82, 2.24) is 0 Å². The highest BCUT2D eigenvalue weighted by atomic mass is 16.8. The Morgan fingerprint density at radius 3 is 1.73 bits per heavy atom. The number of carbonyl (C=O) groups is 4. The summed E-state index contributed by atoms with van der Waals surface area (Å²) in [6.45, 7) is -2.74. The second-order valence-electron chi connectivity index (χ2n) is 26.3. The maximum Gasteiger partial charge on any atom is 0.330 e. The van der Waals surface area contributed by atoms with Crippen molar-refractivity contribution in [2.75, 3.05) is 40.6 Å². The largest absolute Gasteiger partial charge is 0.481 e. The summed E-state index contributed by atoms with van der Waals surface area (Å²) in [5.41, 5.74) is 0. The molecule has 34 nitrogen and oxygen atoms in total. The third-order valence-corrected chi connectivity index (χ3v) is 19.9. The van der Waals surface area contributed by atoms with Crippen molar-refractivity contribution in [2.45, 2.75) is 267 Å². The number of aliphatic hydroxyl groups excluding tert-OH is 15. The molecule has 542 valence electrons. The van der Waals surface area contributed by atoms with Crippen molar-refractivity contribution in [2.24, 2.45) is 23.7 Å². The maximum atomic E-state index is 13.7. The molecule has 0 bridgehead atoms. The number of carboxylic acid groups (broad SMARTS) is 1. The van der Waals surface area contributed by atoms with Gasteiger partial charge in [0.05, 0.1) is 61.9 Å². The fraction of sp³-hybridized carbons (Fsp3) is 0.869. The van der Waals surface area contributed by atoms with Gasteiger partial charge in [-0.1, -0.05) is 12.2 Å². The number of fused-ring (bicyclic) bond motifs is 1. The number of aliphatic hydroxyl groups is 17. The zero-order valence-electron chi connectivity index (χ0n) is 52.5. The van der Waals surface area contributed by atoms with Crippen molar-refractivity contribution in [3.05, 3.63) is 24.3 Å². The first-order valence-electron chi connectivity index (χ1n) is 32.5. The van der Waals surface area contributed by atoms with E-state index in [0.29, 0.717) is 38.5 Å². The van der Waals surface area contributed by atoms with Gasteiger partial charge in [-0.25, -0.2) is 9.59 Å². The Kier molecular flexibility index (Phi) is 27.1. The number of hydrogen-bond donors (Lipinski definition) is 16. The first-order chi connectivity index (χ1) is 45.2. The quantitative estimate of drug-likeness (QED) is 0.0149. The van der Waals surface area contributed by atoms with Crippen LogP contribution in [0.1, 0.15) is 83.5 Å². The molecule has 0 amide bonds. The van der Waals surface area contributed by atoms with Gasteiger partial charge < -0.3 is 148 Å². The average Bonchev–Trinajstić information content (AvgIpc) is 0.766. The number of methoxy groups -OCH3 is 2. The molecule has 5 aliphatic heterocycles. The molecule has 0 aromatic rings. The van der Waals surface area contributed by atoms with E-state index in [1.807, 2.05) is 0 Å². The van der Waals surface area contributed by atoms with Gasteiger partial charge in [-0.15, -0.1) is 0 Å². The highest BCUT2D eigenvalue weighted by molar-refractivity contribution is 5.90. The van der Waals surface area contributed by atoms with Crippen LogP contribution < -0.4 is 0 Å². The van der Waals surface area contributed by atoms with E-state index >= 15 is 0 Å². The lowest BCUT2D eigenvalue weighted by atomic mass is 9.72. The van der Waals surface area contributed by atoms with E-state index in [9.17, 15) is 95.8 Å². The molecule has 4 saturated carbocycles. The Morgan fingerprint density at radius 1 is 0.495 bits per heavy atom. The minimum absolute atomic E-state index is 0.00763. The topological polar surface area (TPSA) is 525 Å². The predicted molar refractivity (Wildman–Crippen MR) is 309 cm³/mol. The molecule has 17 N–H and O–H groups in total. The van der Waals surface area contributed by atoms with Crippen LogP contribution in [0.5, 0.6) is 0 Å². The van der Waals surface area contributed by atoms with E-state index in [4.69, 9.17) is 71.4 Å². The van der Waals surface area contributed by atoms with E-state index in [2.05, 4.69) is 0 Å². The fourth-order valence-corrected chi connectivity index (χ4v) is 14.4. The second kappa shape index (κ2) is 34.1. The molecule has 34 heteroatoms. The van der Waals surface area contributed by atoms with Crippen molar-refractivity contribution in [3.63, 3.8) is 0 Å². The third-order valence-electron chi connectivity index (χ3n) is 19.9. The molecule has 95 heavy (non-hydrogen) atoms. The van der Waals surface area contributed by atoms with Gasteiger partial charge in [-0.3, -0.25) is 9.59 Å². The second-order valence-corrected chi connectivity index (χ2v) is 26.3. The third kappa shape index (κ3) is 18.7. The summed E-state index contributed by atoms with van der Waals surface area (Å²) < 4.78 is 81.4. The molecule has 30 atom stereocenters. The number of allylic oxidation sites excluding steroid dienone is 2. The van der Waals surface area contributed by atoms with E-state index in [1.54, 1.807) is 6.08 Å². The molecule has 9 fully saturated rings. The lowest BCUT2D eigenvalue weighted by molar-refractivity contribution is -0.385. The Labute approximate surface area is 545 Å². The van der Waals surface area contributed by atoms with E-state index in [-0.39, 0.29) is 50.4 Å². The van der Waals surface area contributed by atoms with Crippen LogP contribution in [-0.4, -0.2) is 335 Å². The zero-order chi connectivity index (χ0) is 68.7. The Hall–Kier alpha value is -3.68. The lowest BCUT2D eigenvalue weighted by Gasteiger charge is -2.50. The standard InChI is InChI=1S/C61H94O34/c1-82-35-13-25(14-36(83-2)46(35)73)6-12-43(70)94-56-45(72)32(66)21-86-60(56)95-57-52(79)49(76)40(22-84-42(69)11-5-24-3-8-28(9-4-24)87-58-53(80)50(77)47(74)38(20-62)91-58)93-61(57)90-37-18-29-33(88-55(37)26-7-10-30(64)31(65)15-26)16-27(63)17-34(29)89-59-54(81)51(78)48(75)39(92-59)23-85-44(71)19-41(67)68/h5-6,11-12,24-40,45-66,72-81H,3-4,7-10,13-23H2,1-2H3,(H,67,68)/p+1. The molecule has 0 spiro atoms. The first-order valence-corrected chi connectivity index (χ1v) is 32.5. The Balaban J connectivity index is 0.949. The van der Waals surface area contributed by atoms with Crippen molar-refractivity contribution >= 4 is 23.9 Å². The van der Waals surface area contributed by atoms with Crippen LogP contribution in [0.3, 0.4) is 0 Å². The van der Waals surface area contributed by atoms with E-state index in [1.165, 1.54) is 20.3 Å². The Bertz CT molecular complexity index is 2510. The molecule has 30 unspecified atom stereocenters. The molecule has 0 aromatic heterocycles. The average molecular weight is 1370 g/mol. The van der Waals surface area contributed by atoms with Crippen molar-refractivity contribution in [1.29, 1.82) is 0 Å². The molecule has 5 saturated heterocycles. The summed E-state index contributed by atoms with van der Waals surface area (Å²) in [4.78, 5) is 50.4. The highest BCUT2D eigenvalue weighted by Crippen LogP contribution is 2.45. The molecular formula is C61H95O34+. The number of carboxylic acids is 1. The van der Waals surface area contributed by atoms with Crippen LogP contribution in [0.15, 0.2) is 24.3 Å². The van der Waals surface area contributed by atoms with Gasteiger partial charge in [0, 0.05) is 45.1 Å². The van der Waals surface area contributed by atoms with Crippen LogP contribution in [-0.2, 0) is 80.8 Å². The molecule has 5 heterocycles. The molecule has 0 aromatic carbocycles. The zero-order valence-corrected chi connectivity index (χ0v) is 52.5. The van der Waals surface area contributed by atoms with Gasteiger partial charge in [0.2, 0.25) is 0 Å². The predicted octanol–water partition coefficient (Wildman–Crippen LogP) is -6.80. The summed E-state index contributed by atoms with van der Waals surface area (Å²) in [7, 11) is 2.84. The summed E-state index contributed by atoms with van der Waals surface area (Å²) in [6.07, 6.45) is -36.1. The van der Waals surface area contributed by atoms with E-state index in [0.717, 1.165) is 12.2 Å². The number of rotatable bonds is 23. The first kappa shape index (κ1) is 75.5. The van der Waals surface area contributed by atoms with E-state index < -0.39 is 252 Å². The van der Waals surface area contributed by atoms with Crippen molar-refractivity contribution in [3.8, 4) is 0 Å². The molecule has 9 aliphatic rings. The summed E-state index contributed by atoms with van der Waals surface area (Å²) >= 11 is 0. The highest BCUT2D eigenvalue weighted by Gasteiger charge is 2.59. The fourth-order valence-electron chi connectivity index (χ4n) is 14.4. The number of aliphatic carboxylic acids is 1. The smallest absolute Gasteiger partial charge is 0.330 e. The van der Waals surface area contributed by atoms with Gasteiger partial charge in [-0.05, 0) is 76.0 Å². The Morgan fingerprint density at radius 2 is 1.08 bits per heavy atom. The number of ether oxygens (including phenoxy) is 14. The minimum Gasteiger partial charge on any atom is -0.481 e. The summed E-state index contributed by atoms with van der Waals surface area (Å²) in [5.74, 6) is -6.52. The van der Waals surface area contributed by atoms with Crippen LogP contribution >= 0.6 is 0 Å². The molecule has 0 radical (unpaired) electrons. The minimum atomic E-state index is -2.07. The van der Waals surface area contributed by atoms with Crippen LogP contribution in [0.25, 0.3) is 0 Å². The van der Waals surface area contributed by atoms with Gasteiger partial charge >= 0.3 is 23.9 Å². The maximum absolute atomic E-state index is 13.7. The monoisotopic (exact) mass is 1370 g/mol. The SMILES string of the molecule is COC1CC(C=CC(=O)OC2C(OC3C(OC4CC5C(OC6OC(COC(=O)CC(=O)O)C(O)C(O)C6O)CC(O)CC5[OH+]C4C4CCC(O)C(O)C4)OC(COC(=O)C=CC4CCC(OC5OC(CO)C(O)C(O)C5O)CC4)C(O)C3O)OCC(O)C2O)CC(OC)C1O. The van der Waals surface area contributed by atoms with Gasteiger partial charge in [0.25, 0.3) is 0 Å². The van der Waals surface area contributed by atoms with Crippen LogP contribution in [0.4, 0.5) is 0 Å². The number of hydrogen-bond acceptors (Lipinski definition) is 32. The molecular weight excluding hydrogens is 1280 g/mol. The summed E-state index contributed by atoms with van der Waals surface area (Å²) in [6, 6.07) is 0. The van der Waals surface area contributed by atoms with Gasteiger partial charge in [-0.2, -0.15) is 0 Å². The van der Waals surface area contributed by atoms with Gasteiger partial charge in [0.15, 0.2) is 43.5 Å². The van der Waals surface area contributed by atoms with Crippen LogP contribution in [0.2, 0.25) is 0 Å².